The predicted octanol–water partition coefficient (Wildman–Crippen LogP) is 2.58. The van der Waals surface area contributed by atoms with E-state index in [0.29, 0.717) is 5.91 Å². The van der Waals surface area contributed by atoms with Crippen LogP contribution in [0.4, 0.5) is 0 Å². The number of hydrogen-bond donors (Lipinski definition) is 0. The van der Waals surface area contributed by atoms with Crippen molar-refractivity contribution >= 4 is 5.91 Å². The first-order valence-corrected chi connectivity index (χ1v) is 9.28. The molecular weight excluding hydrogens is 300 g/mol. The fraction of sp³-hybridized carbons (Fsp3) is 0.650. The average Bonchev–Trinajstić information content (AvgIpc) is 2.82. The Bertz CT molecular complexity index is 528. The molecule has 2 aliphatic rings. The molecule has 1 aliphatic carbocycles. The van der Waals surface area contributed by atoms with E-state index in [4.69, 9.17) is 4.74 Å². The van der Waals surface area contributed by atoms with Crippen molar-refractivity contribution in [2.24, 2.45) is 5.41 Å². The second-order valence-corrected chi connectivity index (χ2v) is 7.28. The van der Waals surface area contributed by atoms with E-state index in [0.717, 1.165) is 65.0 Å². The first-order chi connectivity index (χ1) is 11.7. The molecule has 0 bridgehead atoms. The number of ether oxygens (including phenoxy) is 1. The predicted molar refractivity (Wildman–Crippen MR) is 95.9 cm³/mol. The van der Waals surface area contributed by atoms with Crippen LogP contribution in [-0.4, -0.2) is 62.1 Å². The molecule has 4 nitrogen and oxygen atoms in total. The summed E-state index contributed by atoms with van der Waals surface area (Å²) in [6.45, 7) is 5.53. The Morgan fingerprint density at radius 3 is 2.54 bits per heavy atom. The highest BCUT2D eigenvalue weighted by molar-refractivity contribution is 5.84. The zero-order valence-electron chi connectivity index (χ0n) is 14.9. The molecule has 1 aliphatic heterocycles. The molecule has 1 saturated heterocycles. The van der Waals surface area contributed by atoms with Gasteiger partial charge in [0.05, 0.1) is 12.0 Å². The minimum absolute atomic E-state index is 0.136. The zero-order chi connectivity index (χ0) is 16.8. The van der Waals surface area contributed by atoms with Crippen LogP contribution in [-0.2, 0) is 16.0 Å². The minimum Gasteiger partial charge on any atom is -0.383 e. The standard InChI is InChI=1S/C20H30N2O2/c1-24-16-15-21-11-6-12-22(14-13-21)19(23)20(9-5-10-20)17-18-7-3-2-4-8-18/h2-4,7-8H,5-6,9-17H2,1H3. The summed E-state index contributed by atoms with van der Waals surface area (Å²) >= 11 is 0. The van der Waals surface area contributed by atoms with Crippen LogP contribution in [0.2, 0.25) is 0 Å². The van der Waals surface area contributed by atoms with Crippen LogP contribution >= 0.6 is 0 Å². The topological polar surface area (TPSA) is 32.8 Å². The van der Waals surface area contributed by atoms with Crippen LogP contribution in [0, 0.1) is 5.41 Å². The van der Waals surface area contributed by atoms with Crippen LogP contribution in [0.1, 0.15) is 31.2 Å². The largest absolute Gasteiger partial charge is 0.383 e. The number of carbonyl (C=O) groups is 1. The van der Waals surface area contributed by atoms with E-state index in [1.54, 1.807) is 7.11 Å². The highest BCUT2D eigenvalue weighted by Gasteiger charge is 2.46. The van der Waals surface area contributed by atoms with Crippen molar-refractivity contribution in [3.05, 3.63) is 35.9 Å². The van der Waals surface area contributed by atoms with Crippen LogP contribution in [0.3, 0.4) is 0 Å². The van der Waals surface area contributed by atoms with Gasteiger partial charge in [-0.25, -0.2) is 0 Å². The molecule has 2 fully saturated rings. The maximum Gasteiger partial charge on any atom is 0.229 e. The average molecular weight is 330 g/mol. The fourth-order valence-corrected chi connectivity index (χ4v) is 4.01. The molecule has 0 unspecified atom stereocenters. The van der Waals surface area contributed by atoms with Crippen LogP contribution in [0.5, 0.6) is 0 Å². The van der Waals surface area contributed by atoms with E-state index in [-0.39, 0.29) is 5.41 Å². The van der Waals surface area contributed by atoms with E-state index in [1.165, 1.54) is 12.0 Å². The summed E-state index contributed by atoms with van der Waals surface area (Å²) in [5.74, 6) is 0.395. The first-order valence-electron chi connectivity index (χ1n) is 9.28. The van der Waals surface area contributed by atoms with Gasteiger partial charge < -0.3 is 9.64 Å². The number of carbonyl (C=O) groups excluding carboxylic acids is 1. The minimum atomic E-state index is -0.136. The summed E-state index contributed by atoms with van der Waals surface area (Å²) < 4.78 is 5.18. The molecule has 1 aromatic rings. The van der Waals surface area contributed by atoms with Gasteiger partial charge in [-0.1, -0.05) is 36.8 Å². The fourth-order valence-electron chi connectivity index (χ4n) is 4.01. The molecule has 0 aromatic heterocycles. The van der Waals surface area contributed by atoms with Gasteiger partial charge in [-0.05, 0) is 37.8 Å². The van der Waals surface area contributed by atoms with Gasteiger partial charge in [0.15, 0.2) is 0 Å². The molecule has 0 atom stereocenters. The van der Waals surface area contributed by atoms with Gasteiger partial charge >= 0.3 is 0 Å². The molecule has 0 spiro atoms. The molecular formula is C20H30N2O2. The number of methoxy groups -OCH3 is 1. The van der Waals surface area contributed by atoms with Crippen molar-refractivity contribution < 1.29 is 9.53 Å². The molecule has 24 heavy (non-hydrogen) atoms. The van der Waals surface area contributed by atoms with E-state index < -0.39 is 0 Å². The highest BCUT2D eigenvalue weighted by atomic mass is 16.5. The smallest absolute Gasteiger partial charge is 0.229 e. The van der Waals surface area contributed by atoms with Crippen molar-refractivity contribution in [1.82, 2.24) is 9.80 Å². The van der Waals surface area contributed by atoms with Crippen LogP contribution in [0.15, 0.2) is 30.3 Å². The molecule has 0 N–H and O–H groups in total. The van der Waals surface area contributed by atoms with Crippen molar-refractivity contribution in [1.29, 1.82) is 0 Å². The van der Waals surface area contributed by atoms with Gasteiger partial charge in [0.2, 0.25) is 5.91 Å². The Balaban J connectivity index is 1.61. The zero-order valence-corrected chi connectivity index (χ0v) is 14.9. The maximum atomic E-state index is 13.3. The Morgan fingerprint density at radius 2 is 1.88 bits per heavy atom. The highest BCUT2D eigenvalue weighted by Crippen LogP contribution is 2.45. The molecule has 1 heterocycles. The van der Waals surface area contributed by atoms with Crippen LogP contribution in [0.25, 0.3) is 0 Å². The molecule has 132 valence electrons. The number of rotatable bonds is 6. The summed E-state index contributed by atoms with van der Waals surface area (Å²) in [4.78, 5) is 17.8. The van der Waals surface area contributed by atoms with E-state index in [9.17, 15) is 4.79 Å². The lowest BCUT2D eigenvalue weighted by Gasteiger charge is -2.43. The number of amides is 1. The molecule has 1 aromatic carbocycles. The third-order valence-corrected chi connectivity index (χ3v) is 5.64. The lowest BCUT2D eigenvalue weighted by molar-refractivity contribution is -0.147. The Kier molecular flexibility index (Phi) is 5.90. The third-order valence-electron chi connectivity index (χ3n) is 5.64. The Hall–Kier alpha value is -1.39. The van der Waals surface area contributed by atoms with Crippen LogP contribution < -0.4 is 0 Å². The summed E-state index contributed by atoms with van der Waals surface area (Å²) in [6, 6.07) is 10.5. The second kappa shape index (κ2) is 8.13. The lowest BCUT2D eigenvalue weighted by Crippen LogP contribution is -2.50. The normalized spacial score (nSPS) is 21.1. The monoisotopic (exact) mass is 330 g/mol. The van der Waals surface area contributed by atoms with Crippen molar-refractivity contribution in [3.63, 3.8) is 0 Å². The van der Waals surface area contributed by atoms with Gasteiger partial charge in [-0.3, -0.25) is 9.69 Å². The van der Waals surface area contributed by atoms with Gasteiger partial charge in [0, 0.05) is 33.3 Å². The summed E-state index contributed by atoms with van der Waals surface area (Å²) in [5, 5.41) is 0. The van der Waals surface area contributed by atoms with Gasteiger partial charge in [-0.15, -0.1) is 0 Å². The molecule has 3 rings (SSSR count). The van der Waals surface area contributed by atoms with Gasteiger partial charge in [0.1, 0.15) is 0 Å². The number of benzene rings is 1. The molecule has 0 radical (unpaired) electrons. The Morgan fingerprint density at radius 1 is 1.08 bits per heavy atom. The number of nitrogens with zero attached hydrogens (tertiary/aromatic N) is 2. The quantitative estimate of drug-likeness (QED) is 0.804. The molecule has 4 heteroatoms. The number of hydrogen-bond acceptors (Lipinski definition) is 3. The summed E-state index contributed by atoms with van der Waals surface area (Å²) in [6.07, 6.45) is 5.25. The van der Waals surface area contributed by atoms with E-state index in [1.807, 2.05) is 6.07 Å². The van der Waals surface area contributed by atoms with E-state index in [2.05, 4.69) is 34.1 Å². The lowest BCUT2D eigenvalue weighted by atomic mass is 9.64. The maximum absolute atomic E-state index is 13.3. The SMILES string of the molecule is COCCN1CCCN(C(=O)C2(Cc3ccccc3)CCC2)CC1. The molecule has 1 amide bonds. The van der Waals surface area contributed by atoms with Crippen molar-refractivity contribution in [2.45, 2.75) is 32.1 Å². The second-order valence-electron chi connectivity index (χ2n) is 7.28. The Labute approximate surface area is 145 Å². The van der Waals surface area contributed by atoms with Crippen molar-refractivity contribution in [2.75, 3.05) is 46.4 Å². The molecule has 1 saturated carbocycles. The van der Waals surface area contributed by atoms with E-state index >= 15 is 0 Å². The summed E-state index contributed by atoms with van der Waals surface area (Å²) in [5.41, 5.74) is 1.16. The van der Waals surface area contributed by atoms with Gasteiger partial charge in [0.25, 0.3) is 0 Å². The summed E-state index contributed by atoms with van der Waals surface area (Å²) in [7, 11) is 1.75. The van der Waals surface area contributed by atoms with Gasteiger partial charge in [-0.2, -0.15) is 0 Å². The van der Waals surface area contributed by atoms with Crippen molar-refractivity contribution in [3.8, 4) is 0 Å². The first kappa shape index (κ1) is 17.4. The third kappa shape index (κ3) is 3.98.